The summed E-state index contributed by atoms with van der Waals surface area (Å²) in [5.74, 6) is 0.271. The molecule has 136 valence electrons. The highest BCUT2D eigenvalue weighted by molar-refractivity contribution is 5.96. The van der Waals surface area contributed by atoms with Gasteiger partial charge in [0.2, 0.25) is 5.95 Å². The number of H-pyrrole nitrogens is 2. The van der Waals surface area contributed by atoms with Gasteiger partial charge in [-0.05, 0) is 38.1 Å². The van der Waals surface area contributed by atoms with Crippen LogP contribution in [0, 0.1) is 6.92 Å². The van der Waals surface area contributed by atoms with Gasteiger partial charge < -0.3 is 10.1 Å². The highest BCUT2D eigenvalue weighted by Crippen LogP contribution is 2.28. The third-order valence-corrected chi connectivity index (χ3v) is 4.49. The van der Waals surface area contributed by atoms with E-state index in [1.807, 2.05) is 31.2 Å². The first-order valence-electron chi connectivity index (χ1n) is 8.47. The van der Waals surface area contributed by atoms with Crippen LogP contribution >= 0.6 is 0 Å². The number of hydrogen-bond donors (Lipinski definition) is 3. The Morgan fingerprint density at radius 3 is 2.74 bits per heavy atom. The van der Waals surface area contributed by atoms with Crippen LogP contribution in [0.1, 0.15) is 12.5 Å². The number of carboxylic acid groups (broad SMARTS) is 1. The van der Waals surface area contributed by atoms with Crippen LogP contribution in [0.5, 0.6) is 0 Å². The Morgan fingerprint density at radius 2 is 2.00 bits per heavy atom. The molecule has 8 nitrogen and oxygen atoms in total. The van der Waals surface area contributed by atoms with E-state index in [0.29, 0.717) is 22.1 Å². The van der Waals surface area contributed by atoms with E-state index in [-0.39, 0.29) is 18.1 Å². The quantitative estimate of drug-likeness (QED) is 0.517. The van der Waals surface area contributed by atoms with Crippen LogP contribution in [0.2, 0.25) is 0 Å². The molecule has 0 saturated carbocycles. The molecule has 2 heterocycles. The number of anilines is 1. The van der Waals surface area contributed by atoms with E-state index >= 15 is 0 Å². The molecule has 0 spiro atoms. The van der Waals surface area contributed by atoms with E-state index in [9.17, 15) is 14.7 Å². The van der Waals surface area contributed by atoms with Gasteiger partial charge in [0.05, 0.1) is 22.1 Å². The van der Waals surface area contributed by atoms with Gasteiger partial charge in [-0.1, -0.05) is 17.7 Å². The number of amides is 1. The monoisotopic (exact) mass is 363 g/mol. The second-order valence-corrected chi connectivity index (χ2v) is 6.27. The lowest BCUT2D eigenvalue weighted by Gasteiger charge is -2.12. The molecule has 2 aromatic carbocycles. The fourth-order valence-corrected chi connectivity index (χ4v) is 3.15. The summed E-state index contributed by atoms with van der Waals surface area (Å²) >= 11 is 0. The summed E-state index contributed by atoms with van der Waals surface area (Å²) in [5, 5.41) is 17.4. The van der Waals surface area contributed by atoms with Crippen molar-refractivity contribution in [3.63, 3.8) is 0 Å². The highest BCUT2D eigenvalue weighted by Gasteiger charge is 2.17. The number of carbonyl (C=O) groups is 1. The van der Waals surface area contributed by atoms with Gasteiger partial charge in [0.15, 0.2) is 0 Å². The zero-order valence-electron chi connectivity index (χ0n) is 14.8. The van der Waals surface area contributed by atoms with Crippen LogP contribution in [0.25, 0.3) is 33.1 Å². The Balaban J connectivity index is 1.89. The maximum Gasteiger partial charge on any atom is 0.414 e. The number of aromatic amines is 2. The van der Waals surface area contributed by atoms with E-state index in [1.165, 1.54) is 0 Å². The average Bonchev–Trinajstić information content (AvgIpc) is 3.04. The van der Waals surface area contributed by atoms with Gasteiger partial charge in [0, 0.05) is 17.5 Å². The van der Waals surface area contributed by atoms with Crippen molar-refractivity contribution in [2.45, 2.75) is 13.8 Å². The van der Waals surface area contributed by atoms with E-state index in [4.69, 9.17) is 0 Å². The summed E-state index contributed by atoms with van der Waals surface area (Å²) in [6, 6.07) is 11.1. The number of aromatic nitrogens is 4. The van der Waals surface area contributed by atoms with Crippen molar-refractivity contribution in [1.29, 1.82) is 0 Å². The molecule has 27 heavy (non-hydrogen) atoms. The number of nitrogens with zero attached hydrogens (tertiary/aromatic N) is 3. The molecule has 0 atom stereocenters. The largest absolute Gasteiger partial charge is 0.465 e. The molecular formula is C19H17N5O3. The second kappa shape index (κ2) is 6.24. The van der Waals surface area contributed by atoms with Crippen molar-refractivity contribution < 1.29 is 9.90 Å². The number of benzene rings is 2. The first kappa shape index (κ1) is 16.8. The molecule has 0 aliphatic heterocycles. The van der Waals surface area contributed by atoms with Crippen molar-refractivity contribution in [1.82, 2.24) is 20.2 Å². The molecule has 1 amide bonds. The molecule has 0 fully saturated rings. The fourth-order valence-electron chi connectivity index (χ4n) is 3.15. The fraction of sp³-hybridized carbons (Fsp3) is 0.158. The van der Waals surface area contributed by atoms with Gasteiger partial charge in [-0.15, -0.1) is 0 Å². The molecule has 0 aliphatic carbocycles. The third-order valence-electron chi connectivity index (χ3n) is 4.49. The van der Waals surface area contributed by atoms with E-state index in [0.717, 1.165) is 21.4 Å². The van der Waals surface area contributed by atoms with Gasteiger partial charge in [-0.2, -0.15) is 5.10 Å². The van der Waals surface area contributed by atoms with E-state index in [2.05, 4.69) is 20.2 Å². The van der Waals surface area contributed by atoms with Crippen molar-refractivity contribution >= 4 is 33.8 Å². The molecule has 4 rings (SSSR count). The van der Waals surface area contributed by atoms with Crippen molar-refractivity contribution in [3.8, 4) is 11.3 Å². The number of rotatable bonds is 3. The maximum atomic E-state index is 12.1. The molecule has 3 N–H and O–H groups in total. The van der Waals surface area contributed by atoms with Gasteiger partial charge in [-0.3, -0.25) is 4.79 Å². The minimum absolute atomic E-state index is 0.237. The topological polar surface area (TPSA) is 115 Å². The number of fused-ring (bicyclic) bond motifs is 2. The first-order chi connectivity index (χ1) is 13.0. The predicted molar refractivity (Wildman–Crippen MR) is 103 cm³/mol. The lowest BCUT2D eigenvalue weighted by molar-refractivity contribution is 0.202. The summed E-state index contributed by atoms with van der Waals surface area (Å²) in [6.07, 6.45) is -1.07. The maximum absolute atomic E-state index is 12.1. The highest BCUT2D eigenvalue weighted by atomic mass is 16.4. The van der Waals surface area contributed by atoms with Crippen LogP contribution < -0.4 is 10.5 Å². The summed E-state index contributed by atoms with van der Waals surface area (Å²) in [5.41, 5.74) is 3.58. The first-order valence-corrected chi connectivity index (χ1v) is 8.47. The Kier molecular flexibility index (Phi) is 3.88. The van der Waals surface area contributed by atoms with Crippen LogP contribution in [-0.4, -0.2) is 37.9 Å². The van der Waals surface area contributed by atoms with Crippen LogP contribution in [0.3, 0.4) is 0 Å². The molecule has 0 bridgehead atoms. The van der Waals surface area contributed by atoms with Gasteiger partial charge >= 0.3 is 6.09 Å². The van der Waals surface area contributed by atoms with Gasteiger partial charge in [-0.25, -0.2) is 19.8 Å². The second-order valence-electron chi connectivity index (χ2n) is 6.27. The molecule has 0 radical (unpaired) electrons. The number of hydrogen-bond acceptors (Lipinski definition) is 4. The smallest absolute Gasteiger partial charge is 0.414 e. The lowest BCUT2D eigenvalue weighted by Crippen LogP contribution is -2.29. The van der Waals surface area contributed by atoms with Crippen LogP contribution in [0.15, 0.2) is 41.2 Å². The molecule has 0 unspecified atom stereocenters. The predicted octanol–water partition coefficient (Wildman–Crippen LogP) is 3.28. The zero-order valence-corrected chi connectivity index (χ0v) is 14.8. The van der Waals surface area contributed by atoms with Crippen LogP contribution in [0.4, 0.5) is 10.7 Å². The SMILES string of the molecule is CCN(C(=O)O)c1nc2ccc(-c3n[nH]c(=O)c4ccc(C)cc34)cc2[nH]1. The zero-order chi connectivity index (χ0) is 19.1. The summed E-state index contributed by atoms with van der Waals surface area (Å²) in [4.78, 5) is 31.9. The van der Waals surface area contributed by atoms with Crippen LogP contribution in [-0.2, 0) is 0 Å². The number of imidazole rings is 1. The van der Waals surface area contributed by atoms with Crippen molar-refractivity contribution in [3.05, 3.63) is 52.3 Å². The molecule has 0 saturated heterocycles. The molecule has 8 heteroatoms. The number of nitrogens with one attached hydrogen (secondary N) is 2. The number of aryl methyl sites for hydroxylation is 1. The molecule has 2 aromatic heterocycles. The summed E-state index contributed by atoms with van der Waals surface area (Å²) < 4.78 is 0. The normalized spacial score (nSPS) is 11.2. The standard InChI is InChI=1S/C19H17N5O3/c1-3-24(19(26)27)18-20-14-7-5-11(9-15(14)21-18)16-13-8-10(2)4-6-12(13)17(25)23-22-16/h4-9H,3H2,1-2H3,(H,20,21)(H,23,25)(H,26,27). The summed E-state index contributed by atoms with van der Waals surface area (Å²) in [6.45, 7) is 3.98. The Hall–Kier alpha value is -3.68. The molecule has 0 aliphatic rings. The van der Waals surface area contributed by atoms with E-state index in [1.54, 1.807) is 19.1 Å². The average molecular weight is 363 g/mol. The van der Waals surface area contributed by atoms with Crippen molar-refractivity contribution in [2.24, 2.45) is 0 Å². The molecule has 4 aromatic rings. The summed E-state index contributed by atoms with van der Waals surface area (Å²) in [7, 11) is 0. The van der Waals surface area contributed by atoms with Gasteiger partial charge in [0.1, 0.15) is 0 Å². The third kappa shape index (κ3) is 2.80. The van der Waals surface area contributed by atoms with Gasteiger partial charge in [0.25, 0.3) is 5.56 Å². The minimum Gasteiger partial charge on any atom is -0.465 e. The van der Waals surface area contributed by atoms with E-state index < -0.39 is 6.09 Å². The van der Waals surface area contributed by atoms with Crippen molar-refractivity contribution in [2.75, 3.05) is 11.4 Å². The lowest BCUT2D eigenvalue weighted by atomic mass is 10.0. The minimum atomic E-state index is -1.07. The Bertz CT molecular complexity index is 1240. The molecular weight excluding hydrogens is 346 g/mol. The Morgan fingerprint density at radius 1 is 1.19 bits per heavy atom. The Labute approximate surface area is 153 Å².